The lowest BCUT2D eigenvalue weighted by Crippen LogP contribution is -2.27. The molecular formula is C23H27N3O3S2. The van der Waals surface area contributed by atoms with Gasteiger partial charge in [0.15, 0.2) is 4.80 Å². The van der Waals surface area contributed by atoms with Crippen LogP contribution in [0.1, 0.15) is 19.3 Å². The van der Waals surface area contributed by atoms with Crippen LogP contribution in [-0.2, 0) is 21.3 Å². The first-order valence-electron chi connectivity index (χ1n) is 10.5. The first-order valence-corrected chi connectivity index (χ1v) is 12.8. The van der Waals surface area contributed by atoms with Crippen LogP contribution in [0.5, 0.6) is 0 Å². The molecule has 4 rings (SSSR count). The molecule has 0 amide bonds. The van der Waals surface area contributed by atoms with Crippen molar-refractivity contribution in [2.24, 2.45) is 4.99 Å². The molecule has 0 radical (unpaired) electrons. The number of aromatic nitrogens is 1. The molecule has 31 heavy (non-hydrogen) atoms. The molecule has 3 aromatic rings. The van der Waals surface area contributed by atoms with Gasteiger partial charge in [0, 0.05) is 44.3 Å². The quantitative estimate of drug-likeness (QED) is 0.475. The van der Waals surface area contributed by atoms with E-state index in [1.165, 1.54) is 0 Å². The van der Waals surface area contributed by atoms with Gasteiger partial charge >= 0.3 is 0 Å². The molecule has 1 aliphatic heterocycles. The van der Waals surface area contributed by atoms with E-state index in [4.69, 9.17) is 9.73 Å². The number of hydrogen-bond acceptors (Lipinski definition) is 5. The highest BCUT2D eigenvalue weighted by atomic mass is 32.2. The van der Waals surface area contributed by atoms with Crippen molar-refractivity contribution in [3.8, 4) is 11.3 Å². The highest BCUT2D eigenvalue weighted by molar-refractivity contribution is 7.89. The van der Waals surface area contributed by atoms with E-state index < -0.39 is 10.0 Å². The van der Waals surface area contributed by atoms with Crippen LogP contribution in [0.4, 0.5) is 5.69 Å². The van der Waals surface area contributed by atoms with Crippen molar-refractivity contribution < 1.29 is 13.2 Å². The van der Waals surface area contributed by atoms with Crippen LogP contribution >= 0.6 is 11.3 Å². The molecule has 0 bridgehead atoms. The fourth-order valence-corrected chi connectivity index (χ4v) is 6.26. The molecule has 2 heterocycles. The number of sulfonamides is 1. The summed E-state index contributed by atoms with van der Waals surface area (Å²) < 4.78 is 35.1. The topological polar surface area (TPSA) is 63.9 Å². The largest absolute Gasteiger partial charge is 0.385 e. The minimum absolute atomic E-state index is 0.350. The number of benzene rings is 2. The third kappa shape index (κ3) is 4.98. The van der Waals surface area contributed by atoms with Crippen molar-refractivity contribution in [1.29, 1.82) is 0 Å². The van der Waals surface area contributed by atoms with Gasteiger partial charge in [-0.3, -0.25) is 0 Å². The lowest BCUT2D eigenvalue weighted by atomic mass is 10.2. The molecule has 164 valence electrons. The molecule has 1 aromatic heterocycles. The Kier molecular flexibility index (Phi) is 7.02. The van der Waals surface area contributed by atoms with Crippen LogP contribution in [0.2, 0.25) is 0 Å². The van der Waals surface area contributed by atoms with Gasteiger partial charge in [-0.05, 0) is 43.5 Å². The number of methoxy groups -OCH3 is 1. The van der Waals surface area contributed by atoms with Gasteiger partial charge in [-0.2, -0.15) is 4.31 Å². The Morgan fingerprint density at radius 2 is 1.84 bits per heavy atom. The minimum Gasteiger partial charge on any atom is -0.385 e. The van der Waals surface area contributed by atoms with Crippen molar-refractivity contribution in [2.45, 2.75) is 30.7 Å². The Labute approximate surface area is 187 Å². The van der Waals surface area contributed by atoms with Crippen molar-refractivity contribution >= 4 is 27.0 Å². The Bertz CT molecular complexity index is 1180. The van der Waals surface area contributed by atoms with E-state index in [1.807, 2.05) is 42.5 Å². The van der Waals surface area contributed by atoms with Crippen LogP contribution in [0.25, 0.3) is 11.3 Å². The Hall–Kier alpha value is -2.26. The van der Waals surface area contributed by atoms with E-state index in [-0.39, 0.29) is 0 Å². The standard InChI is InChI=1S/C23H27N3O3S2/c1-29-16-8-15-26-22(18-30-23(26)24-20-10-3-2-4-11-20)19-9-7-12-21(17-19)31(27,28)25-13-5-6-14-25/h2-4,7,9-12,17-18H,5-6,8,13-16H2,1H3. The maximum absolute atomic E-state index is 13.0. The molecule has 1 fully saturated rings. The second kappa shape index (κ2) is 9.91. The normalized spacial score (nSPS) is 15.6. The van der Waals surface area contributed by atoms with Crippen LogP contribution < -0.4 is 4.80 Å². The molecule has 0 N–H and O–H groups in total. The molecule has 1 saturated heterocycles. The lowest BCUT2D eigenvalue weighted by molar-refractivity contribution is 0.190. The fraction of sp³-hybridized carbons (Fsp3) is 0.348. The van der Waals surface area contributed by atoms with E-state index in [2.05, 4.69) is 9.95 Å². The average molecular weight is 458 g/mol. The molecule has 0 spiro atoms. The summed E-state index contributed by atoms with van der Waals surface area (Å²) in [6, 6.07) is 17.1. The first kappa shape index (κ1) is 22.0. The van der Waals surface area contributed by atoms with Gasteiger partial charge in [-0.1, -0.05) is 30.3 Å². The van der Waals surface area contributed by atoms with Gasteiger partial charge in [-0.15, -0.1) is 11.3 Å². The third-order valence-corrected chi connectivity index (χ3v) is 8.10. The highest BCUT2D eigenvalue weighted by Gasteiger charge is 2.27. The summed E-state index contributed by atoms with van der Waals surface area (Å²) in [6.45, 7) is 2.59. The Morgan fingerprint density at radius 1 is 1.06 bits per heavy atom. The zero-order valence-corrected chi connectivity index (χ0v) is 19.2. The monoisotopic (exact) mass is 457 g/mol. The predicted octanol–water partition coefficient (Wildman–Crippen LogP) is 4.27. The summed E-state index contributed by atoms with van der Waals surface area (Å²) >= 11 is 1.56. The molecule has 2 aromatic carbocycles. The number of thiazole rings is 1. The van der Waals surface area contributed by atoms with E-state index in [0.717, 1.165) is 47.6 Å². The summed E-state index contributed by atoms with van der Waals surface area (Å²) in [4.78, 5) is 6.04. The third-order valence-electron chi connectivity index (χ3n) is 5.34. The number of para-hydroxylation sites is 1. The van der Waals surface area contributed by atoms with Crippen molar-refractivity contribution in [3.63, 3.8) is 0 Å². The van der Waals surface area contributed by atoms with Crippen molar-refractivity contribution in [2.75, 3.05) is 26.8 Å². The summed E-state index contributed by atoms with van der Waals surface area (Å²) in [5.74, 6) is 0. The summed E-state index contributed by atoms with van der Waals surface area (Å²) in [7, 11) is -1.77. The van der Waals surface area contributed by atoms with E-state index >= 15 is 0 Å². The number of rotatable bonds is 8. The molecule has 0 unspecified atom stereocenters. The molecular weight excluding hydrogens is 430 g/mol. The van der Waals surface area contributed by atoms with E-state index in [1.54, 1.807) is 34.9 Å². The maximum Gasteiger partial charge on any atom is 0.243 e. The Morgan fingerprint density at radius 3 is 2.58 bits per heavy atom. The van der Waals surface area contributed by atoms with Crippen LogP contribution in [0.3, 0.4) is 0 Å². The van der Waals surface area contributed by atoms with E-state index in [9.17, 15) is 8.42 Å². The van der Waals surface area contributed by atoms with Crippen LogP contribution in [0, 0.1) is 0 Å². The number of ether oxygens (including phenoxy) is 1. The van der Waals surface area contributed by atoms with Gasteiger partial charge in [0.1, 0.15) is 0 Å². The fourth-order valence-electron chi connectivity index (χ4n) is 3.74. The summed E-state index contributed by atoms with van der Waals surface area (Å²) in [6.07, 6.45) is 2.69. The van der Waals surface area contributed by atoms with Gasteiger partial charge in [0.25, 0.3) is 0 Å². The van der Waals surface area contributed by atoms with Gasteiger partial charge < -0.3 is 9.30 Å². The van der Waals surface area contributed by atoms with E-state index in [0.29, 0.717) is 24.6 Å². The molecule has 6 nitrogen and oxygen atoms in total. The molecule has 0 aliphatic carbocycles. The van der Waals surface area contributed by atoms with Crippen LogP contribution in [-0.4, -0.2) is 44.1 Å². The van der Waals surface area contributed by atoms with Gasteiger partial charge in [0.2, 0.25) is 10.0 Å². The SMILES string of the molecule is COCCCn1c(-c2cccc(S(=O)(=O)N3CCCC3)c2)csc1=Nc1ccccc1. The summed E-state index contributed by atoms with van der Waals surface area (Å²) in [5, 5.41) is 2.05. The van der Waals surface area contributed by atoms with Gasteiger partial charge in [0.05, 0.1) is 16.3 Å². The number of nitrogens with zero attached hydrogens (tertiary/aromatic N) is 3. The lowest BCUT2D eigenvalue weighted by Gasteiger charge is -2.16. The summed E-state index contributed by atoms with van der Waals surface area (Å²) in [5.41, 5.74) is 2.74. The molecule has 8 heteroatoms. The van der Waals surface area contributed by atoms with Crippen molar-refractivity contribution in [1.82, 2.24) is 8.87 Å². The number of hydrogen-bond donors (Lipinski definition) is 0. The zero-order chi connectivity index (χ0) is 21.7. The predicted molar refractivity (Wildman–Crippen MR) is 124 cm³/mol. The first-order chi connectivity index (χ1) is 15.1. The maximum atomic E-state index is 13.0. The van der Waals surface area contributed by atoms with Crippen LogP contribution in [0.15, 0.2) is 69.9 Å². The highest BCUT2D eigenvalue weighted by Crippen LogP contribution is 2.27. The second-order valence-electron chi connectivity index (χ2n) is 7.49. The molecule has 1 aliphatic rings. The van der Waals surface area contributed by atoms with Crippen molar-refractivity contribution in [3.05, 3.63) is 64.8 Å². The molecule has 0 saturated carbocycles. The minimum atomic E-state index is -3.46. The zero-order valence-electron chi connectivity index (χ0n) is 17.6. The average Bonchev–Trinajstić information content (AvgIpc) is 3.46. The second-order valence-corrected chi connectivity index (χ2v) is 10.3. The smallest absolute Gasteiger partial charge is 0.243 e. The van der Waals surface area contributed by atoms with Gasteiger partial charge in [-0.25, -0.2) is 13.4 Å². The Balaban J connectivity index is 1.75. The molecule has 0 atom stereocenters.